The fourth-order valence-corrected chi connectivity index (χ4v) is 3.17. The minimum atomic E-state index is -0.0995. The Labute approximate surface area is 140 Å². The topological polar surface area (TPSA) is 53.8 Å². The van der Waals surface area contributed by atoms with Crippen LogP contribution in [0, 0.1) is 5.92 Å². The van der Waals surface area contributed by atoms with Crippen LogP contribution in [0.2, 0.25) is 0 Å². The minimum Gasteiger partial charge on any atom is -0.344 e. The van der Waals surface area contributed by atoms with Crippen molar-refractivity contribution in [1.29, 1.82) is 0 Å². The van der Waals surface area contributed by atoms with Gasteiger partial charge in [0.15, 0.2) is 0 Å². The molecule has 1 aromatic rings. The number of thioether (sulfide) groups is 1. The van der Waals surface area contributed by atoms with Crippen molar-refractivity contribution >= 4 is 29.1 Å². The third-order valence-corrected chi connectivity index (χ3v) is 4.55. The molecular formula is C18H19N3OS. The van der Waals surface area contributed by atoms with Crippen molar-refractivity contribution in [3.05, 3.63) is 60.2 Å². The molecule has 4 nitrogen and oxygen atoms in total. The number of nitrogens with one attached hydrogen (secondary N) is 1. The van der Waals surface area contributed by atoms with Crippen molar-refractivity contribution in [2.75, 3.05) is 12.0 Å². The molecule has 0 radical (unpaired) electrons. The molecule has 3 rings (SSSR count). The third-order valence-electron chi connectivity index (χ3n) is 3.91. The van der Waals surface area contributed by atoms with Crippen LogP contribution in [0.15, 0.2) is 64.8 Å². The molecule has 1 aliphatic carbocycles. The second-order valence-corrected chi connectivity index (χ2v) is 6.43. The Morgan fingerprint density at radius 3 is 2.87 bits per heavy atom. The van der Waals surface area contributed by atoms with Crippen LogP contribution in [0.4, 0.5) is 0 Å². The maximum Gasteiger partial charge on any atom is 0.251 e. The number of benzene rings is 1. The molecule has 0 aromatic heterocycles. The van der Waals surface area contributed by atoms with E-state index < -0.39 is 0 Å². The van der Waals surface area contributed by atoms with Crippen LogP contribution in [-0.4, -0.2) is 35.4 Å². The summed E-state index contributed by atoms with van der Waals surface area (Å²) in [6, 6.07) is 9.19. The molecule has 1 aromatic carbocycles. The zero-order chi connectivity index (χ0) is 16.1. The van der Waals surface area contributed by atoms with Crippen molar-refractivity contribution in [3.8, 4) is 0 Å². The maximum absolute atomic E-state index is 12.5. The molecule has 0 bridgehead atoms. The van der Waals surface area contributed by atoms with Crippen LogP contribution in [0.5, 0.6) is 0 Å². The molecule has 118 valence electrons. The van der Waals surface area contributed by atoms with Gasteiger partial charge in [0, 0.05) is 5.56 Å². The SMILES string of the molecule is CSCC[C@H](NC(=O)c1ccccc1)C1=NN=C2C=CC=C[C@H]21. The van der Waals surface area contributed by atoms with Gasteiger partial charge in [-0.3, -0.25) is 4.79 Å². The van der Waals surface area contributed by atoms with Gasteiger partial charge in [-0.1, -0.05) is 36.4 Å². The first-order valence-electron chi connectivity index (χ1n) is 7.64. The zero-order valence-corrected chi connectivity index (χ0v) is 13.8. The average molecular weight is 325 g/mol. The summed E-state index contributed by atoms with van der Waals surface area (Å²) in [6.45, 7) is 0. The fraction of sp³-hybridized carbons (Fsp3) is 0.278. The second kappa shape index (κ2) is 7.42. The van der Waals surface area contributed by atoms with E-state index in [1.807, 2.05) is 48.6 Å². The molecule has 0 saturated carbocycles. The number of allylic oxidation sites excluding steroid dienone is 4. The van der Waals surface area contributed by atoms with Crippen molar-refractivity contribution in [1.82, 2.24) is 5.32 Å². The quantitative estimate of drug-likeness (QED) is 0.874. The predicted molar refractivity (Wildman–Crippen MR) is 97.3 cm³/mol. The van der Waals surface area contributed by atoms with Gasteiger partial charge in [-0.05, 0) is 36.6 Å². The summed E-state index contributed by atoms with van der Waals surface area (Å²) in [6.07, 6.45) is 11.0. The Bertz CT molecular complexity index is 691. The Balaban J connectivity index is 1.75. The van der Waals surface area contributed by atoms with Crippen LogP contribution in [-0.2, 0) is 0 Å². The molecule has 1 aliphatic heterocycles. The summed E-state index contributed by atoms with van der Waals surface area (Å²) in [4.78, 5) is 12.5. The van der Waals surface area contributed by atoms with E-state index in [4.69, 9.17) is 0 Å². The van der Waals surface area contributed by atoms with Gasteiger partial charge in [0.25, 0.3) is 5.91 Å². The Morgan fingerprint density at radius 1 is 1.26 bits per heavy atom. The van der Waals surface area contributed by atoms with Gasteiger partial charge in [0.2, 0.25) is 0 Å². The molecule has 1 heterocycles. The normalized spacial score (nSPS) is 19.8. The molecule has 0 fully saturated rings. The monoisotopic (exact) mass is 325 g/mol. The van der Waals surface area contributed by atoms with Crippen molar-refractivity contribution in [3.63, 3.8) is 0 Å². The first-order valence-corrected chi connectivity index (χ1v) is 9.04. The van der Waals surface area contributed by atoms with E-state index in [-0.39, 0.29) is 17.9 Å². The molecule has 0 unspecified atom stereocenters. The smallest absolute Gasteiger partial charge is 0.251 e. The molecule has 0 saturated heterocycles. The Morgan fingerprint density at radius 2 is 2.09 bits per heavy atom. The third kappa shape index (κ3) is 3.62. The van der Waals surface area contributed by atoms with Crippen molar-refractivity contribution in [2.24, 2.45) is 16.1 Å². The van der Waals surface area contributed by atoms with E-state index in [1.54, 1.807) is 11.8 Å². The highest BCUT2D eigenvalue weighted by molar-refractivity contribution is 7.98. The van der Waals surface area contributed by atoms with Gasteiger partial charge in [0.05, 0.1) is 23.4 Å². The van der Waals surface area contributed by atoms with E-state index in [0.717, 1.165) is 23.6 Å². The van der Waals surface area contributed by atoms with E-state index in [1.165, 1.54) is 0 Å². The predicted octanol–water partition coefficient (Wildman–Crippen LogP) is 3.09. The molecule has 1 amide bonds. The van der Waals surface area contributed by atoms with Crippen molar-refractivity contribution < 1.29 is 4.79 Å². The first kappa shape index (κ1) is 15.7. The lowest BCUT2D eigenvalue weighted by atomic mass is 9.89. The number of nitrogens with zero attached hydrogens (tertiary/aromatic N) is 2. The number of hydrogen-bond acceptors (Lipinski definition) is 4. The van der Waals surface area contributed by atoms with Gasteiger partial charge < -0.3 is 5.32 Å². The van der Waals surface area contributed by atoms with E-state index in [0.29, 0.717) is 5.56 Å². The van der Waals surface area contributed by atoms with E-state index in [9.17, 15) is 4.79 Å². The Hall–Kier alpha value is -2.14. The number of carbonyl (C=O) groups is 1. The number of hydrogen-bond donors (Lipinski definition) is 1. The molecule has 5 heteroatoms. The summed E-state index contributed by atoms with van der Waals surface area (Å²) in [5.41, 5.74) is 2.55. The first-order chi connectivity index (χ1) is 11.3. The van der Waals surface area contributed by atoms with Crippen LogP contribution in [0.25, 0.3) is 0 Å². The summed E-state index contributed by atoms with van der Waals surface area (Å²) in [5, 5.41) is 11.7. The molecule has 0 spiro atoms. The lowest BCUT2D eigenvalue weighted by Gasteiger charge is -2.22. The van der Waals surface area contributed by atoms with Gasteiger partial charge in [-0.25, -0.2) is 0 Å². The van der Waals surface area contributed by atoms with Crippen LogP contribution in [0.1, 0.15) is 16.8 Å². The number of amides is 1. The molecule has 23 heavy (non-hydrogen) atoms. The van der Waals surface area contributed by atoms with E-state index >= 15 is 0 Å². The number of carbonyl (C=O) groups excluding carboxylic acids is 1. The summed E-state index contributed by atoms with van der Waals surface area (Å²) >= 11 is 1.77. The van der Waals surface area contributed by atoms with Crippen LogP contribution < -0.4 is 5.32 Å². The lowest BCUT2D eigenvalue weighted by Crippen LogP contribution is -2.44. The highest BCUT2D eigenvalue weighted by atomic mass is 32.2. The fourth-order valence-electron chi connectivity index (χ4n) is 2.70. The molecule has 2 aliphatic rings. The van der Waals surface area contributed by atoms with Gasteiger partial charge >= 0.3 is 0 Å². The number of fused-ring (bicyclic) bond motifs is 1. The maximum atomic E-state index is 12.5. The summed E-state index contributed by atoms with van der Waals surface area (Å²) in [7, 11) is 0. The average Bonchev–Trinajstić information content (AvgIpc) is 3.03. The highest BCUT2D eigenvalue weighted by Crippen LogP contribution is 2.22. The minimum absolute atomic E-state index is 0.0665. The highest BCUT2D eigenvalue weighted by Gasteiger charge is 2.31. The number of rotatable bonds is 6. The lowest BCUT2D eigenvalue weighted by molar-refractivity contribution is 0.0946. The Kier molecular flexibility index (Phi) is 5.08. The van der Waals surface area contributed by atoms with Gasteiger partial charge in [0.1, 0.15) is 0 Å². The summed E-state index contributed by atoms with van der Waals surface area (Å²) < 4.78 is 0. The molecule has 1 N–H and O–H groups in total. The molecular weight excluding hydrogens is 306 g/mol. The standard InChI is InChI=1S/C18H19N3OS/c1-23-12-11-16(19-18(22)13-7-3-2-4-8-13)17-14-9-5-6-10-15(14)20-21-17/h2-10,14,16H,11-12H2,1H3,(H,19,22)/t14-,16+/m1/s1. The zero-order valence-electron chi connectivity index (χ0n) is 13.0. The van der Waals surface area contributed by atoms with E-state index in [2.05, 4.69) is 27.9 Å². The second-order valence-electron chi connectivity index (χ2n) is 5.44. The molecule has 2 atom stereocenters. The van der Waals surface area contributed by atoms with Gasteiger partial charge in [-0.2, -0.15) is 22.0 Å². The van der Waals surface area contributed by atoms with Crippen LogP contribution >= 0.6 is 11.8 Å². The van der Waals surface area contributed by atoms with Gasteiger partial charge in [-0.15, -0.1) is 0 Å². The van der Waals surface area contributed by atoms with Crippen LogP contribution in [0.3, 0.4) is 0 Å². The summed E-state index contributed by atoms with van der Waals surface area (Å²) in [5.74, 6) is 0.978. The van der Waals surface area contributed by atoms with Crippen molar-refractivity contribution in [2.45, 2.75) is 12.5 Å². The largest absolute Gasteiger partial charge is 0.344 e.